The molecule has 2 aliphatic rings. The summed E-state index contributed by atoms with van der Waals surface area (Å²) in [7, 11) is 3.52. The predicted octanol–water partition coefficient (Wildman–Crippen LogP) is 0.847. The van der Waals surface area contributed by atoms with Crippen LogP contribution in [0.3, 0.4) is 0 Å². The van der Waals surface area contributed by atoms with Gasteiger partial charge in [0, 0.05) is 33.3 Å². The van der Waals surface area contributed by atoms with E-state index in [1.807, 2.05) is 30.1 Å². The van der Waals surface area contributed by atoms with E-state index in [2.05, 4.69) is 0 Å². The quantitative estimate of drug-likeness (QED) is 0.786. The number of nitrogens with zero attached hydrogens (tertiary/aromatic N) is 2. The summed E-state index contributed by atoms with van der Waals surface area (Å²) < 4.78 is 15.8. The number of aliphatic hydroxyl groups is 1. The number of benzene rings is 1. The molecule has 1 N–H and O–H groups in total. The third kappa shape index (κ3) is 4.05. The standard InChI is InChI=1S/C18H26N2O5/c1-19(11-14-4-5-15-16(10-14)25-13-24-15)12-18(22)6-3-7-20(17(18)21)8-9-23-2/h4-5,10,22H,3,6-9,11-13H2,1-2H3/t18-/m1/s1. The number of likely N-dealkylation sites (N-methyl/N-ethyl adjacent to an activating group) is 1. The van der Waals surface area contributed by atoms with Gasteiger partial charge in [0.1, 0.15) is 0 Å². The number of hydrogen-bond acceptors (Lipinski definition) is 6. The van der Waals surface area contributed by atoms with Gasteiger partial charge in [-0.15, -0.1) is 0 Å². The van der Waals surface area contributed by atoms with Gasteiger partial charge < -0.3 is 24.2 Å². The molecule has 1 amide bonds. The average Bonchev–Trinajstić information content (AvgIpc) is 3.04. The fourth-order valence-electron chi connectivity index (χ4n) is 3.48. The smallest absolute Gasteiger partial charge is 0.255 e. The lowest BCUT2D eigenvalue weighted by molar-refractivity contribution is -0.159. The van der Waals surface area contributed by atoms with Crippen molar-refractivity contribution in [2.75, 3.05) is 47.2 Å². The van der Waals surface area contributed by atoms with E-state index in [-0.39, 0.29) is 12.7 Å². The lowest BCUT2D eigenvalue weighted by Crippen LogP contribution is -2.58. The van der Waals surface area contributed by atoms with Gasteiger partial charge in [-0.25, -0.2) is 0 Å². The average molecular weight is 350 g/mol. The molecule has 7 heteroatoms. The molecule has 7 nitrogen and oxygen atoms in total. The molecule has 0 bridgehead atoms. The fourth-order valence-corrected chi connectivity index (χ4v) is 3.48. The Morgan fingerprint density at radius 2 is 2.16 bits per heavy atom. The number of piperidine rings is 1. The Morgan fingerprint density at radius 3 is 2.96 bits per heavy atom. The Balaban J connectivity index is 1.61. The van der Waals surface area contributed by atoms with E-state index in [9.17, 15) is 9.90 Å². The highest BCUT2D eigenvalue weighted by Gasteiger charge is 2.42. The second kappa shape index (κ2) is 7.59. The summed E-state index contributed by atoms with van der Waals surface area (Å²) >= 11 is 0. The monoisotopic (exact) mass is 350 g/mol. The molecule has 1 aromatic carbocycles. The summed E-state index contributed by atoms with van der Waals surface area (Å²) in [4.78, 5) is 16.3. The van der Waals surface area contributed by atoms with Crippen molar-refractivity contribution in [1.29, 1.82) is 0 Å². The van der Waals surface area contributed by atoms with Crippen LogP contribution in [0.1, 0.15) is 18.4 Å². The summed E-state index contributed by atoms with van der Waals surface area (Å²) in [6, 6.07) is 5.80. The number of carbonyl (C=O) groups is 1. The van der Waals surface area contributed by atoms with Crippen molar-refractivity contribution in [2.45, 2.75) is 25.0 Å². The van der Waals surface area contributed by atoms with Crippen molar-refractivity contribution in [3.8, 4) is 11.5 Å². The zero-order chi connectivity index (χ0) is 17.9. The molecule has 0 spiro atoms. The van der Waals surface area contributed by atoms with E-state index in [0.29, 0.717) is 39.2 Å². The third-order valence-electron chi connectivity index (χ3n) is 4.69. The van der Waals surface area contributed by atoms with Gasteiger partial charge in [-0.3, -0.25) is 9.69 Å². The molecule has 0 saturated carbocycles. The lowest BCUT2D eigenvalue weighted by Gasteiger charge is -2.40. The minimum absolute atomic E-state index is 0.201. The van der Waals surface area contributed by atoms with Gasteiger partial charge in [0.25, 0.3) is 5.91 Å². The molecular weight excluding hydrogens is 324 g/mol. The number of carbonyl (C=O) groups excluding carboxylic acids is 1. The Labute approximate surface area is 148 Å². The van der Waals surface area contributed by atoms with Crippen molar-refractivity contribution in [3.63, 3.8) is 0 Å². The number of amides is 1. The van der Waals surface area contributed by atoms with Gasteiger partial charge in [0.05, 0.1) is 6.61 Å². The molecule has 2 aliphatic heterocycles. The maximum Gasteiger partial charge on any atom is 0.255 e. The molecular formula is C18H26N2O5. The predicted molar refractivity (Wildman–Crippen MR) is 91.5 cm³/mol. The van der Waals surface area contributed by atoms with Gasteiger partial charge in [-0.2, -0.15) is 0 Å². The summed E-state index contributed by atoms with van der Waals surface area (Å²) in [6.07, 6.45) is 1.28. The maximum atomic E-state index is 12.7. The summed E-state index contributed by atoms with van der Waals surface area (Å²) in [5.74, 6) is 1.29. The zero-order valence-electron chi connectivity index (χ0n) is 14.9. The number of likely N-dealkylation sites (tertiary alicyclic amines) is 1. The second-order valence-corrected chi connectivity index (χ2v) is 6.78. The van der Waals surface area contributed by atoms with Crippen molar-refractivity contribution >= 4 is 5.91 Å². The van der Waals surface area contributed by atoms with Crippen LogP contribution >= 0.6 is 0 Å². The summed E-state index contributed by atoms with van der Waals surface area (Å²) in [6.45, 7) is 2.84. The van der Waals surface area contributed by atoms with Crippen LogP contribution in [0, 0.1) is 0 Å². The highest BCUT2D eigenvalue weighted by Crippen LogP contribution is 2.33. The van der Waals surface area contributed by atoms with E-state index in [1.54, 1.807) is 12.0 Å². The van der Waals surface area contributed by atoms with Crippen LogP contribution in [-0.4, -0.2) is 73.6 Å². The van der Waals surface area contributed by atoms with Gasteiger partial charge in [-0.1, -0.05) is 6.07 Å². The van der Waals surface area contributed by atoms with Gasteiger partial charge in [0.15, 0.2) is 17.1 Å². The molecule has 0 radical (unpaired) electrons. The largest absolute Gasteiger partial charge is 0.454 e. The van der Waals surface area contributed by atoms with Crippen LogP contribution in [0.4, 0.5) is 0 Å². The number of fused-ring (bicyclic) bond motifs is 1. The van der Waals surface area contributed by atoms with E-state index in [4.69, 9.17) is 14.2 Å². The lowest BCUT2D eigenvalue weighted by atomic mass is 9.91. The van der Waals surface area contributed by atoms with Gasteiger partial charge in [-0.05, 0) is 37.6 Å². The molecule has 3 rings (SSSR count). The first-order valence-corrected chi connectivity index (χ1v) is 8.59. The normalized spacial score (nSPS) is 22.7. The van der Waals surface area contributed by atoms with Crippen LogP contribution < -0.4 is 9.47 Å². The molecule has 1 fully saturated rings. The van der Waals surface area contributed by atoms with Gasteiger partial charge in [0.2, 0.25) is 6.79 Å². The minimum Gasteiger partial charge on any atom is -0.454 e. The number of hydrogen-bond donors (Lipinski definition) is 1. The SMILES string of the molecule is COCCN1CCC[C@@](O)(CN(C)Cc2ccc3c(c2)OCO3)C1=O. The molecule has 25 heavy (non-hydrogen) atoms. The molecule has 0 aliphatic carbocycles. The number of ether oxygens (including phenoxy) is 3. The number of rotatable bonds is 7. The van der Waals surface area contributed by atoms with Gasteiger partial charge >= 0.3 is 0 Å². The zero-order valence-corrected chi connectivity index (χ0v) is 14.9. The molecule has 0 aromatic heterocycles. The Hall–Kier alpha value is -1.83. The molecule has 2 heterocycles. The van der Waals surface area contributed by atoms with Crippen LogP contribution in [0.15, 0.2) is 18.2 Å². The minimum atomic E-state index is -1.34. The van der Waals surface area contributed by atoms with Crippen molar-refractivity contribution in [1.82, 2.24) is 9.80 Å². The van der Waals surface area contributed by atoms with E-state index < -0.39 is 5.60 Å². The summed E-state index contributed by atoms with van der Waals surface area (Å²) in [5.41, 5.74) is -0.285. The topological polar surface area (TPSA) is 71.5 Å². The van der Waals surface area contributed by atoms with Crippen molar-refractivity contribution in [2.24, 2.45) is 0 Å². The highest BCUT2D eigenvalue weighted by atomic mass is 16.7. The molecule has 1 atom stereocenters. The number of methoxy groups -OCH3 is 1. The maximum absolute atomic E-state index is 12.7. The van der Waals surface area contributed by atoms with E-state index >= 15 is 0 Å². The first kappa shape index (κ1) is 18.0. The van der Waals surface area contributed by atoms with Crippen LogP contribution in [-0.2, 0) is 16.1 Å². The van der Waals surface area contributed by atoms with Crippen LogP contribution in [0.25, 0.3) is 0 Å². The first-order valence-electron chi connectivity index (χ1n) is 8.59. The Kier molecular flexibility index (Phi) is 5.46. The summed E-state index contributed by atoms with van der Waals surface area (Å²) in [5, 5.41) is 10.9. The Bertz CT molecular complexity index is 623. The fraction of sp³-hybridized carbons (Fsp3) is 0.611. The van der Waals surface area contributed by atoms with Crippen molar-refractivity contribution in [3.05, 3.63) is 23.8 Å². The van der Waals surface area contributed by atoms with E-state index in [1.165, 1.54) is 0 Å². The third-order valence-corrected chi connectivity index (χ3v) is 4.69. The van der Waals surface area contributed by atoms with E-state index in [0.717, 1.165) is 23.5 Å². The highest BCUT2D eigenvalue weighted by molar-refractivity contribution is 5.86. The van der Waals surface area contributed by atoms with Crippen LogP contribution in [0.5, 0.6) is 11.5 Å². The molecule has 1 saturated heterocycles. The van der Waals surface area contributed by atoms with Crippen LogP contribution in [0.2, 0.25) is 0 Å². The molecule has 138 valence electrons. The molecule has 0 unspecified atom stereocenters. The first-order chi connectivity index (χ1) is 12.0. The molecule has 1 aromatic rings. The second-order valence-electron chi connectivity index (χ2n) is 6.78. The Morgan fingerprint density at radius 1 is 1.36 bits per heavy atom. The van der Waals surface area contributed by atoms with Crippen molar-refractivity contribution < 1.29 is 24.1 Å².